The van der Waals surface area contributed by atoms with Crippen molar-refractivity contribution in [2.75, 3.05) is 18.1 Å². The Bertz CT molecular complexity index is 657. The molecule has 1 atom stereocenters. The summed E-state index contributed by atoms with van der Waals surface area (Å²) >= 11 is 12.0. The van der Waals surface area contributed by atoms with Crippen LogP contribution in [-0.4, -0.2) is 36.9 Å². The van der Waals surface area contributed by atoms with E-state index in [1.807, 2.05) is 0 Å². The lowest BCUT2D eigenvalue weighted by Gasteiger charge is -2.35. The van der Waals surface area contributed by atoms with E-state index in [9.17, 15) is 9.59 Å². The first-order valence-corrected chi connectivity index (χ1v) is 8.21. The SMILES string of the molecule is CCOC(=O)C1CN(C(=O)OC(C)(C)C)c2cc(Cl)c(Cl)cc2O1. The minimum Gasteiger partial charge on any atom is -0.475 e. The van der Waals surface area contributed by atoms with Gasteiger partial charge in [0.05, 0.1) is 28.9 Å². The molecule has 1 aromatic rings. The summed E-state index contributed by atoms with van der Waals surface area (Å²) in [5, 5.41) is 0.520. The van der Waals surface area contributed by atoms with E-state index in [4.69, 9.17) is 37.4 Å². The van der Waals surface area contributed by atoms with Crippen LogP contribution < -0.4 is 9.64 Å². The van der Waals surface area contributed by atoms with Gasteiger partial charge in [-0.2, -0.15) is 0 Å². The third-order valence-electron chi connectivity index (χ3n) is 3.07. The largest absolute Gasteiger partial charge is 0.475 e. The highest BCUT2D eigenvalue weighted by molar-refractivity contribution is 6.42. The fourth-order valence-corrected chi connectivity index (χ4v) is 2.44. The van der Waals surface area contributed by atoms with Crippen molar-refractivity contribution < 1.29 is 23.8 Å². The van der Waals surface area contributed by atoms with Crippen LogP contribution in [0.1, 0.15) is 27.7 Å². The van der Waals surface area contributed by atoms with Gasteiger partial charge in [-0.25, -0.2) is 9.59 Å². The predicted octanol–water partition coefficient (Wildman–Crippen LogP) is 4.06. The Morgan fingerprint density at radius 3 is 2.50 bits per heavy atom. The zero-order valence-corrected chi connectivity index (χ0v) is 15.4. The second-order valence-electron chi connectivity index (χ2n) is 6.18. The lowest BCUT2D eigenvalue weighted by molar-refractivity contribution is -0.151. The molecule has 0 saturated heterocycles. The molecule has 1 aliphatic rings. The maximum Gasteiger partial charge on any atom is 0.415 e. The van der Waals surface area contributed by atoms with Crippen molar-refractivity contribution in [3.8, 4) is 5.75 Å². The Labute approximate surface area is 150 Å². The number of ether oxygens (including phenoxy) is 3. The van der Waals surface area contributed by atoms with Crippen LogP contribution in [0.2, 0.25) is 10.0 Å². The number of hydrogen-bond donors (Lipinski definition) is 0. The van der Waals surface area contributed by atoms with Gasteiger partial charge in [0.1, 0.15) is 11.4 Å². The predicted molar refractivity (Wildman–Crippen MR) is 91.1 cm³/mol. The molecule has 0 bridgehead atoms. The maximum absolute atomic E-state index is 12.5. The molecule has 1 aliphatic heterocycles. The molecule has 1 aromatic carbocycles. The van der Waals surface area contributed by atoms with Crippen LogP contribution in [0.15, 0.2) is 12.1 Å². The summed E-state index contributed by atoms with van der Waals surface area (Å²) in [6.45, 7) is 7.12. The average Bonchev–Trinajstić information content (AvgIpc) is 2.46. The number of benzene rings is 1. The number of esters is 1. The quantitative estimate of drug-likeness (QED) is 0.729. The van der Waals surface area contributed by atoms with Crippen LogP contribution in [0.25, 0.3) is 0 Å². The van der Waals surface area contributed by atoms with E-state index in [1.54, 1.807) is 27.7 Å². The summed E-state index contributed by atoms with van der Waals surface area (Å²) in [7, 11) is 0. The number of carbonyl (C=O) groups is 2. The van der Waals surface area contributed by atoms with Gasteiger partial charge >= 0.3 is 12.1 Å². The molecule has 0 fully saturated rings. The highest BCUT2D eigenvalue weighted by Crippen LogP contribution is 2.40. The van der Waals surface area contributed by atoms with Gasteiger partial charge in [-0.3, -0.25) is 4.90 Å². The molecule has 132 valence electrons. The Kier molecular flexibility index (Phi) is 5.50. The number of carbonyl (C=O) groups excluding carboxylic acids is 2. The molecular weight excluding hydrogens is 357 g/mol. The number of rotatable bonds is 2. The molecule has 6 nitrogen and oxygen atoms in total. The molecule has 1 unspecified atom stereocenters. The number of fused-ring (bicyclic) bond motifs is 1. The summed E-state index contributed by atoms with van der Waals surface area (Å²) < 4.78 is 16.0. The Morgan fingerprint density at radius 1 is 1.29 bits per heavy atom. The standard InChI is InChI=1S/C16H19Cl2NO5/c1-5-22-14(20)13-8-19(15(21)24-16(2,3)4)11-6-9(17)10(18)7-12(11)23-13/h6-7,13H,5,8H2,1-4H3. The molecule has 0 radical (unpaired) electrons. The molecular formula is C16H19Cl2NO5. The van der Waals surface area contributed by atoms with Crippen molar-refractivity contribution in [3.63, 3.8) is 0 Å². The highest BCUT2D eigenvalue weighted by atomic mass is 35.5. The molecule has 8 heteroatoms. The van der Waals surface area contributed by atoms with Crippen LogP contribution >= 0.6 is 23.2 Å². The average molecular weight is 376 g/mol. The van der Waals surface area contributed by atoms with E-state index in [0.29, 0.717) is 5.69 Å². The van der Waals surface area contributed by atoms with Crippen molar-refractivity contribution in [2.45, 2.75) is 39.4 Å². The zero-order chi connectivity index (χ0) is 18.1. The van der Waals surface area contributed by atoms with Crippen molar-refractivity contribution in [2.24, 2.45) is 0 Å². The van der Waals surface area contributed by atoms with Crippen LogP contribution in [0.5, 0.6) is 5.75 Å². The first-order chi connectivity index (χ1) is 11.1. The van der Waals surface area contributed by atoms with Gasteiger partial charge in [0.2, 0.25) is 6.10 Å². The Morgan fingerprint density at radius 2 is 1.92 bits per heavy atom. The number of nitrogens with zero attached hydrogens (tertiary/aromatic N) is 1. The minimum atomic E-state index is -0.970. The van der Waals surface area contributed by atoms with Crippen LogP contribution in [0.3, 0.4) is 0 Å². The number of hydrogen-bond acceptors (Lipinski definition) is 5. The van der Waals surface area contributed by atoms with Crippen LogP contribution in [0, 0.1) is 0 Å². The van der Waals surface area contributed by atoms with E-state index in [1.165, 1.54) is 17.0 Å². The molecule has 1 amide bonds. The van der Waals surface area contributed by atoms with Gasteiger partial charge in [-0.15, -0.1) is 0 Å². The lowest BCUT2D eigenvalue weighted by atomic mass is 10.2. The van der Waals surface area contributed by atoms with Crippen molar-refractivity contribution in [1.82, 2.24) is 0 Å². The number of amides is 1. The Balaban J connectivity index is 2.39. The molecule has 0 aromatic heterocycles. The number of halogens is 2. The summed E-state index contributed by atoms with van der Waals surface area (Å²) in [6.07, 6.45) is -1.58. The van der Waals surface area contributed by atoms with Crippen molar-refractivity contribution >= 4 is 41.0 Å². The number of anilines is 1. The molecule has 1 heterocycles. The van der Waals surface area contributed by atoms with Gasteiger partial charge in [0, 0.05) is 6.07 Å². The van der Waals surface area contributed by atoms with Gasteiger partial charge in [0.15, 0.2) is 0 Å². The topological polar surface area (TPSA) is 65.1 Å². The summed E-state index contributed by atoms with van der Waals surface area (Å²) in [6, 6.07) is 2.96. The van der Waals surface area contributed by atoms with Gasteiger partial charge < -0.3 is 14.2 Å². The van der Waals surface area contributed by atoms with Crippen LogP contribution in [-0.2, 0) is 14.3 Å². The highest BCUT2D eigenvalue weighted by Gasteiger charge is 2.37. The molecule has 0 N–H and O–H groups in total. The van der Waals surface area contributed by atoms with Crippen molar-refractivity contribution in [1.29, 1.82) is 0 Å². The normalized spacial score (nSPS) is 16.9. The summed E-state index contributed by atoms with van der Waals surface area (Å²) in [5.41, 5.74) is -0.301. The third kappa shape index (κ3) is 4.24. The molecule has 2 rings (SSSR count). The summed E-state index contributed by atoms with van der Waals surface area (Å²) in [5.74, 6) is -0.303. The molecule has 0 saturated carbocycles. The van der Waals surface area contributed by atoms with E-state index in [0.717, 1.165) is 0 Å². The van der Waals surface area contributed by atoms with E-state index in [2.05, 4.69) is 0 Å². The first kappa shape index (κ1) is 18.7. The molecule has 0 aliphatic carbocycles. The second kappa shape index (κ2) is 7.07. The smallest absolute Gasteiger partial charge is 0.415 e. The van der Waals surface area contributed by atoms with Gasteiger partial charge in [-0.05, 0) is 33.8 Å². The van der Waals surface area contributed by atoms with E-state index >= 15 is 0 Å². The second-order valence-corrected chi connectivity index (χ2v) is 7.00. The first-order valence-electron chi connectivity index (χ1n) is 7.45. The van der Waals surface area contributed by atoms with Gasteiger partial charge in [-0.1, -0.05) is 23.2 Å². The summed E-state index contributed by atoms with van der Waals surface area (Å²) in [4.78, 5) is 25.8. The fourth-order valence-electron chi connectivity index (χ4n) is 2.13. The van der Waals surface area contributed by atoms with Gasteiger partial charge in [0.25, 0.3) is 0 Å². The zero-order valence-electron chi connectivity index (χ0n) is 13.9. The van der Waals surface area contributed by atoms with E-state index < -0.39 is 23.8 Å². The monoisotopic (exact) mass is 375 g/mol. The third-order valence-corrected chi connectivity index (χ3v) is 3.80. The van der Waals surface area contributed by atoms with Crippen LogP contribution in [0.4, 0.5) is 10.5 Å². The molecule has 0 spiro atoms. The van der Waals surface area contributed by atoms with E-state index in [-0.39, 0.29) is 28.9 Å². The minimum absolute atomic E-state index is 0.0429. The lowest BCUT2D eigenvalue weighted by Crippen LogP contribution is -2.49. The fraction of sp³-hybridized carbons (Fsp3) is 0.500. The Hall–Kier alpha value is -1.66. The maximum atomic E-state index is 12.5. The molecule has 24 heavy (non-hydrogen) atoms. The van der Waals surface area contributed by atoms with Crippen molar-refractivity contribution in [3.05, 3.63) is 22.2 Å².